The van der Waals surface area contributed by atoms with E-state index in [1.807, 2.05) is 91.9 Å². The Labute approximate surface area is 233 Å². The molecule has 1 aromatic heterocycles. The molecule has 0 saturated carbocycles. The van der Waals surface area contributed by atoms with Crippen LogP contribution in [0, 0.1) is 0 Å². The number of para-hydroxylation sites is 1. The maximum absolute atomic E-state index is 13.8. The summed E-state index contributed by atoms with van der Waals surface area (Å²) in [4.78, 5) is 34.3. The second kappa shape index (κ2) is 11.3. The molecule has 0 spiro atoms. The summed E-state index contributed by atoms with van der Waals surface area (Å²) >= 11 is 0. The summed E-state index contributed by atoms with van der Waals surface area (Å²) in [6, 6.07) is 31.7. The fraction of sp³-hybridized carbons (Fsp3) is 0.206. The molecule has 2 heterocycles. The first-order valence-electron chi connectivity index (χ1n) is 13.8. The van der Waals surface area contributed by atoms with Gasteiger partial charge in [0.25, 0.3) is 5.91 Å². The molecule has 0 bridgehead atoms. The van der Waals surface area contributed by atoms with Crippen LogP contribution in [0.5, 0.6) is 0 Å². The largest absolute Gasteiger partial charge is 0.449 e. The van der Waals surface area contributed by atoms with Gasteiger partial charge in [0.05, 0.1) is 11.1 Å². The van der Waals surface area contributed by atoms with Gasteiger partial charge in [0.15, 0.2) is 6.10 Å². The fourth-order valence-corrected chi connectivity index (χ4v) is 5.46. The van der Waals surface area contributed by atoms with Crippen molar-refractivity contribution in [2.24, 2.45) is 0 Å². The molecule has 6 nitrogen and oxygen atoms in total. The second-order valence-corrected chi connectivity index (χ2v) is 10.2. The van der Waals surface area contributed by atoms with E-state index in [2.05, 4.69) is 22.3 Å². The van der Waals surface area contributed by atoms with Crippen molar-refractivity contribution in [1.29, 1.82) is 0 Å². The zero-order valence-corrected chi connectivity index (χ0v) is 22.5. The summed E-state index contributed by atoms with van der Waals surface area (Å²) in [5.74, 6) is -0.832. The predicted octanol–water partition coefficient (Wildman–Crippen LogP) is 6.52. The van der Waals surface area contributed by atoms with Gasteiger partial charge in [0.2, 0.25) is 0 Å². The Morgan fingerprint density at radius 2 is 1.68 bits per heavy atom. The van der Waals surface area contributed by atoms with Crippen molar-refractivity contribution in [3.8, 4) is 0 Å². The number of fused-ring (bicyclic) bond motifs is 3. The number of carbonyl (C=O) groups is 2. The highest BCUT2D eigenvalue weighted by molar-refractivity contribution is 6.06. The van der Waals surface area contributed by atoms with E-state index >= 15 is 0 Å². The number of hydrogen-bond donors (Lipinski definition) is 1. The van der Waals surface area contributed by atoms with Gasteiger partial charge >= 0.3 is 5.97 Å². The van der Waals surface area contributed by atoms with Crippen LogP contribution in [0.15, 0.2) is 97.1 Å². The Morgan fingerprint density at radius 3 is 2.50 bits per heavy atom. The van der Waals surface area contributed by atoms with E-state index in [0.717, 1.165) is 52.4 Å². The summed E-state index contributed by atoms with van der Waals surface area (Å²) in [5.41, 5.74) is 4.97. The molecule has 200 valence electrons. The topological polar surface area (TPSA) is 71.5 Å². The first-order valence-corrected chi connectivity index (χ1v) is 13.8. The van der Waals surface area contributed by atoms with Gasteiger partial charge in [-0.25, -0.2) is 4.79 Å². The van der Waals surface area contributed by atoms with E-state index in [-0.39, 0.29) is 5.91 Å². The highest BCUT2D eigenvalue weighted by atomic mass is 16.5. The van der Waals surface area contributed by atoms with Gasteiger partial charge in [-0.3, -0.25) is 14.7 Å². The van der Waals surface area contributed by atoms with Gasteiger partial charge in [-0.15, -0.1) is 0 Å². The molecule has 1 aliphatic rings. The summed E-state index contributed by atoms with van der Waals surface area (Å²) in [5, 5.41) is 5.81. The summed E-state index contributed by atoms with van der Waals surface area (Å²) < 4.78 is 5.94. The van der Waals surface area contributed by atoms with Gasteiger partial charge in [-0.05, 0) is 41.0 Å². The number of rotatable bonds is 7. The number of esters is 1. The maximum atomic E-state index is 13.8. The molecule has 0 saturated heterocycles. The van der Waals surface area contributed by atoms with E-state index in [1.165, 1.54) is 5.56 Å². The molecule has 0 fully saturated rings. The lowest BCUT2D eigenvalue weighted by Crippen LogP contribution is -2.34. The maximum Gasteiger partial charge on any atom is 0.340 e. The average Bonchev–Trinajstić information content (AvgIpc) is 2.99. The molecule has 1 N–H and O–H groups in total. The lowest BCUT2D eigenvalue weighted by atomic mass is 9.95. The molecule has 6 heteroatoms. The van der Waals surface area contributed by atoms with Crippen molar-refractivity contribution in [2.45, 2.75) is 39.0 Å². The van der Waals surface area contributed by atoms with Crippen molar-refractivity contribution in [3.05, 3.63) is 119 Å². The van der Waals surface area contributed by atoms with Crippen LogP contribution in [0.1, 0.15) is 40.5 Å². The van der Waals surface area contributed by atoms with Gasteiger partial charge in [0, 0.05) is 48.4 Å². The standard InChI is InChI=1S/C34H31N3O3/c1-2-31(33(38)35-26-17-16-24-12-6-7-13-25(24)20-26)40-34(39)32-27-14-8-9-15-29(27)36-30-18-19-37(22-28(30)32)21-23-10-4-3-5-11-23/h3-17,20,31H,2,18-19,21-22H2,1H3,(H,35,38). The number of nitrogens with zero attached hydrogens (tertiary/aromatic N) is 2. The normalized spacial score (nSPS) is 14.0. The molecule has 6 rings (SSSR count). The zero-order chi connectivity index (χ0) is 27.5. The van der Waals surface area contributed by atoms with Crippen molar-refractivity contribution in [3.63, 3.8) is 0 Å². The van der Waals surface area contributed by atoms with E-state index in [9.17, 15) is 9.59 Å². The minimum absolute atomic E-state index is 0.343. The molecule has 5 aromatic rings. The Morgan fingerprint density at radius 1 is 0.925 bits per heavy atom. The van der Waals surface area contributed by atoms with Crippen LogP contribution in [0.2, 0.25) is 0 Å². The first-order chi connectivity index (χ1) is 19.6. The predicted molar refractivity (Wildman–Crippen MR) is 158 cm³/mol. The highest BCUT2D eigenvalue weighted by Gasteiger charge is 2.29. The van der Waals surface area contributed by atoms with Gasteiger partial charge in [-0.1, -0.05) is 85.8 Å². The third kappa shape index (κ3) is 5.31. The lowest BCUT2D eigenvalue weighted by molar-refractivity contribution is -0.124. The van der Waals surface area contributed by atoms with Gasteiger partial charge in [0.1, 0.15) is 0 Å². The smallest absolute Gasteiger partial charge is 0.340 e. The van der Waals surface area contributed by atoms with Crippen LogP contribution >= 0.6 is 0 Å². The van der Waals surface area contributed by atoms with Crippen LogP contribution in [0.3, 0.4) is 0 Å². The van der Waals surface area contributed by atoms with Crippen molar-refractivity contribution < 1.29 is 14.3 Å². The molecule has 0 radical (unpaired) electrons. The number of carbonyl (C=O) groups excluding carboxylic acids is 2. The highest BCUT2D eigenvalue weighted by Crippen LogP contribution is 2.30. The van der Waals surface area contributed by atoms with Crippen molar-refractivity contribution in [1.82, 2.24) is 9.88 Å². The second-order valence-electron chi connectivity index (χ2n) is 10.2. The molecule has 1 atom stereocenters. The molecule has 40 heavy (non-hydrogen) atoms. The van der Waals surface area contributed by atoms with Crippen LogP contribution in [0.4, 0.5) is 5.69 Å². The van der Waals surface area contributed by atoms with E-state index in [4.69, 9.17) is 9.72 Å². The van der Waals surface area contributed by atoms with E-state index in [0.29, 0.717) is 24.2 Å². The third-order valence-corrected chi connectivity index (χ3v) is 7.51. The van der Waals surface area contributed by atoms with Crippen molar-refractivity contribution in [2.75, 3.05) is 11.9 Å². The summed E-state index contributed by atoms with van der Waals surface area (Å²) in [6.07, 6.45) is 0.175. The number of hydrogen-bond acceptors (Lipinski definition) is 5. The van der Waals surface area contributed by atoms with Gasteiger partial charge < -0.3 is 10.1 Å². The molecule has 1 aliphatic heterocycles. The Kier molecular flexibility index (Phi) is 7.25. The Bertz CT molecular complexity index is 1700. The molecule has 4 aromatic carbocycles. The van der Waals surface area contributed by atoms with Crippen molar-refractivity contribution >= 4 is 39.2 Å². The minimum atomic E-state index is -0.925. The lowest BCUT2D eigenvalue weighted by Gasteiger charge is -2.30. The molecule has 1 unspecified atom stereocenters. The minimum Gasteiger partial charge on any atom is -0.449 e. The van der Waals surface area contributed by atoms with Gasteiger partial charge in [-0.2, -0.15) is 0 Å². The number of ether oxygens (including phenoxy) is 1. The number of pyridine rings is 1. The molecule has 1 amide bonds. The first kappa shape index (κ1) is 25.7. The number of aromatic nitrogens is 1. The molecular formula is C34H31N3O3. The third-order valence-electron chi connectivity index (χ3n) is 7.51. The summed E-state index contributed by atoms with van der Waals surface area (Å²) in [6.45, 7) is 4.08. The molecular weight excluding hydrogens is 498 g/mol. The SMILES string of the molecule is CCC(OC(=O)c1c2c(nc3ccccc13)CCN(Cc1ccccc1)C2)C(=O)Nc1ccc2ccccc2c1. The van der Waals surface area contributed by atoms with Crippen LogP contribution in [0.25, 0.3) is 21.7 Å². The number of amides is 1. The van der Waals surface area contributed by atoms with E-state index < -0.39 is 12.1 Å². The molecule has 0 aliphatic carbocycles. The monoisotopic (exact) mass is 529 g/mol. The summed E-state index contributed by atoms with van der Waals surface area (Å²) in [7, 11) is 0. The number of benzene rings is 4. The Hall–Kier alpha value is -4.55. The number of anilines is 1. The fourth-order valence-electron chi connectivity index (χ4n) is 5.46. The number of nitrogens with one attached hydrogen (secondary N) is 1. The Balaban J connectivity index is 1.27. The average molecular weight is 530 g/mol. The van der Waals surface area contributed by atoms with Crippen LogP contribution in [-0.4, -0.2) is 34.4 Å². The zero-order valence-electron chi connectivity index (χ0n) is 22.5. The quantitative estimate of drug-likeness (QED) is 0.243. The van der Waals surface area contributed by atoms with E-state index in [1.54, 1.807) is 0 Å². The van der Waals surface area contributed by atoms with Crippen LogP contribution < -0.4 is 5.32 Å². The van der Waals surface area contributed by atoms with Crippen LogP contribution in [-0.2, 0) is 29.0 Å².